The van der Waals surface area contributed by atoms with Crippen LogP contribution in [-0.4, -0.2) is 29.9 Å². The number of esters is 1. The molecule has 0 N–H and O–H groups in total. The summed E-state index contributed by atoms with van der Waals surface area (Å²) in [6.07, 6.45) is 0. The third kappa shape index (κ3) is 2.93. The van der Waals surface area contributed by atoms with E-state index >= 15 is 0 Å². The second-order valence-electron chi connectivity index (χ2n) is 3.48. The van der Waals surface area contributed by atoms with E-state index in [2.05, 4.69) is 26.1 Å². The third-order valence-electron chi connectivity index (χ3n) is 2.28. The Labute approximate surface area is 117 Å². The number of hydrogen-bond donors (Lipinski definition) is 0. The Hall–Kier alpha value is -1.89. The summed E-state index contributed by atoms with van der Waals surface area (Å²) in [5, 5.41) is 7.48. The lowest BCUT2D eigenvalue weighted by molar-refractivity contribution is 0.0481. The van der Waals surface area contributed by atoms with Crippen molar-refractivity contribution in [3.05, 3.63) is 28.6 Å². The van der Waals surface area contributed by atoms with Gasteiger partial charge < -0.3 is 13.9 Å². The first-order valence-electron chi connectivity index (χ1n) is 5.50. The Morgan fingerprint density at radius 3 is 2.89 bits per heavy atom. The van der Waals surface area contributed by atoms with Gasteiger partial charge in [-0.05, 0) is 41.1 Å². The Balaban J connectivity index is 2.34. The van der Waals surface area contributed by atoms with Gasteiger partial charge in [-0.1, -0.05) is 0 Å². The highest BCUT2D eigenvalue weighted by Gasteiger charge is 2.18. The van der Waals surface area contributed by atoms with Gasteiger partial charge in [-0.15, -0.1) is 10.2 Å². The molecule has 0 aliphatic rings. The zero-order chi connectivity index (χ0) is 13.8. The topological polar surface area (TPSA) is 74.5 Å². The van der Waals surface area contributed by atoms with Crippen molar-refractivity contribution in [2.24, 2.45) is 0 Å². The lowest BCUT2D eigenvalue weighted by atomic mass is 10.2. The molecule has 2 rings (SSSR count). The Bertz CT molecular complexity index is 597. The molecule has 6 nitrogen and oxygen atoms in total. The van der Waals surface area contributed by atoms with Gasteiger partial charge in [-0.2, -0.15) is 0 Å². The van der Waals surface area contributed by atoms with Gasteiger partial charge in [0.15, 0.2) is 0 Å². The first-order chi connectivity index (χ1) is 9.15. The van der Waals surface area contributed by atoms with E-state index in [-0.39, 0.29) is 18.4 Å². The van der Waals surface area contributed by atoms with Crippen LogP contribution < -0.4 is 4.74 Å². The molecule has 0 radical (unpaired) electrons. The predicted molar refractivity (Wildman–Crippen MR) is 69.9 cm³/mol. The lowest BCUT2D eigenvalue weighted by Gasteiger charge is -2.03. The zero-order valence-electron chi connectivity index (χ0n) is 10.3. The maximum atomic E-state index is 11.4. The molecule has 1 aromatic carbocycles. The molecular formula is C12H11BrN2O4. The van der Waals surface area contributed by atoms with Crippen LogP contribution in [0.15, 0.2) is 27.1 Å². The highest BCUT2D eigenvalue weighted by atomic mass is 79.9. The van der Waals surface area contributed by atoms with Gasteiger partial charge in [0, 0.05) is 4.47 Å². The fraction of sp³-hybridized carbons (Fsp3) is 0.250. The van der Waals surface area contributed by atoms with Crippen molar-refractivity contribution in [3.8, 4) is 17.2 Å². The summed E-state index contributed by atoms with van der Waals surface area (Å²) in [6, 6.07) is 5.31. The molecule has 0 aliphatic carbocycles. The molecule has 2 aromatic rings. The monoisotopic (exact) mass is 326 g/mol. The molecule has 1 aromatic heterocycles. The van der Waals surface area contributed by atoms with Crippen molar-refractivity contribution >= 4 is 21.9 Å². The number of halogens is 1. The standard InChI is InChI=1S/C12H11BrN2O4/c1-3-18-12(16)11-15-14-10(19-11)8-6-7(17-2)4-5-9(8)13/h4-6H,3H2,1-2H3. The molecule has 100 valence electrons. The SMILES string of the molecule is CCOC(=O)c1nnc(-c2cc(OC)ccc2Br)o1. The first-order valence-corrected chi connectivity index (χ1v) is 6.29. The molecule has 0 unspecified atom stereocenters. The van der Waals surface area contributed by atoms with Gasteiger partial charge in [0.25, 0.3) is 0 Å². The minimum Gasteiger partial charge on any atom is -0.497 e. The van der Waals surface area contributed by atoms with Crippen LogP contribution in [0.4, 0.5) is 0 Å². The summed E-state index contributed by atoms with van der Waals surface area (Å²) in [4.78, 5) is 11.4. The van der Waals surface area contributed by atoms with Crippen LogP contribution in [0.25, 0.3) is 11.5 Å². The van der Waals surface area contributed by atoms with E-state index in [1.165, 1.54) is 0 Å². The molecule has 1 heterocycles. The Kier molecular flexibility index (Phi) is 4.16. The van der Waals surface area contributed by atoms with E-state index in [9.17, 15) is 4.79 Å². The summed E-state index contributed by atoms with van der Waals surface area (Å²) < 4.78 is 15.9. The number of hydrogen-bond acceptors (Lipinski definition) is 6. The number of carbonyl (C=O) groups is 1. The van der Waals surface area contributed by atoms with Crippen molar-refractivity contribution in [1.29, 1.82) is 0 Å². The number of methoxy groups -OCH3 is 1. The van der Waals surface area contributed by atoms with Crippen LogP contribution in [0.5, 0.6) is 5.75 Å². The summed E-state index contributed by atoms with van der Waals surface area (Å²) in [6.45, 7) is 1.95. The van der Waals surface area contributed by atoms with Crippen LogP contribution in [-0.2, 0) is 4.74 Å². The number of benzene rings is 1. The summed E-state index contributed by atoms with van der Waals surface area (Å²) in [7, 11) is 1.56. The largest absolute Gasteiger partial charge is 0.497 e. The zero-order valence-corrected chi connectivity index (χ0v) is 11.9. The smallest absolute Gasteiger partial charge is 0.396 e. The van der Waals surface area contributed by atoms with Gasteiger partial charge in [0.05, 0.1) is 19.3 Å². The number of carbonyl (C=O) groups excluding carboxylic acids is 1. The van der Waals surface area contributed by atoms with Crippen LogP contribution in [0, 0.1) is 0 Å². The van der Waals surface area contributed by atoms with Crippen LogP contribution in [0.1, 0.15) is 17.6 Å². The van der Waals surface area contributed by atoms with Gasteiger partial charge in [-0.3, -0.25) is 0 Å². The fourth-order valence-electron chi connectivity index (χ4n) is 1.40. The second kappa shape index (κ2) is 5.83. The van der Waals surface area contributed by atoms with Crippen LogP contribution >= 0.6 is 15.9 Å². The summed E-state index contributed by atoms with van der Waals surface area (Å²) >= 11 is 3.37. The van der Waals surface area contributed by atoms with Gasteiger partial charge >= 0.3 is 11.9 Å². The van der Waals surface area contributed by atoms with Crippen LogP contribution in [0.3, 0.4) is 0 Å². The number of rotatable bonds is 4. The maximum Gasteiger partial charge on any atom is 0.396 e. The van der Waals surface area contributed by atoms with E-state index in [4.69, 9.17) is 13.9 Å². The average Bonchev–Trinajstić information content (AvgIpc) is 2.89. The maximum absolute atomic E-state index is 11.4. The van der Waals surface area contributed by atoms with Gasteiger partial charge in [0.2, 0.25) is 5.89 Å². The average molecular weight is 327 g/mol. The van der Waals surface area contributed by atoms with E-state index in [1.54, 1.807) is 32.2 Å². The second-order valence-corrected chi connectivity index (χ2v) is 4.33. The molecular weight excluding hydrogens is 316 g/mol. The normalized spacial score (nSPS) is 10.3. The number of nitrogens with zero attached hydrogens (tertiary/aromatic N) is 2. The molecule has 7 heteroatoms. The van der Waals surface area contributed by atoms with Crippen molar-refractivity contribution in [1.82, 2.24) is 10.2 Å². The third-order valence-corrected chi connectivity index (χ3v) is 2.97. The Morgan fingerprint density at radius 2 is 2.21 bits per heavy atom. The highest BCUT2D eigenvalue weighted by Crippen LogP contribution is 2.30. The molecule has 0 fully saturated rings. The molecule has 0 bridgehead atoms. The lowest BCUT2D eigenvalue weighted by Crippen LogP contribution is -2.04. The summed E-state index contributed by atoms with van der Waals surface area (Å²) in [5.74, 6) is 0.0507. The van der Waals surface area contributed by atoms with E-state index in [0.29, 0.717) is 11.3 Å². The van der Waals surface area contributed by atoms with E-state index in [1.807, 2.05) is 0 Å². The minimum atomic E-state index is -0.639. The molecule has 0 saturated carbocycles. The van der Waals surface area contributed by atoms with E-state index < -0.39 is 5.97 Å². The first kappa shape index (κ1) is 13.5. The van der Waals surface area contributed by atoms with Crippen LogP contribution in [0.2, 0.25) is 0 Å². The molecule has 0 saturated heterocycles. The minimum absolute atomic E-state index is 0.174. The van der Waals surface area contributed by atoms with Gasteiger partial charge in [-0.25, -0.2) is 4.79 Å². The van der Waals surface area contributed by atoms with Crippen molar-refractivity contribution < 1.29 is 18.7 Å². The molecule has 0 atom stereocenters. The number of ether oxygens (including phenoxy) is 2. The highest BCUT2D eigenvalue weighted by molar-refractivity contribution is 9.10. The molecule has 0 spiro atoms. The molecule has 0 amide bonds. The van der Waals surface area contributed by atoms with Crippen molar-refractivity contribution in [3.63, 3.8) is 0 Å². The van der Waals surface area contributed by atoms with Gasteiger partial charge in [0.1, 0.15) is 5.75 Å². The quantitative estimate of drug-likeness (QED) is 0.804. The summed E-state index contributed by atoms with van der Waals surface area (Å²) in [5.41, 5.74) is 0.641. The molecule has 0 aliphatic heterocycles. The van der Waals surface area contributed by atoms with E-state index in [0.717, 1.165) is 4.47 Å². The molecule has 19 heavy (non-hydrogen) atoms. The van der Waals surface area contributed by atoms with Crippen molar-refractivity contribution in [2.75, 3.05) is 13.7 Å². The predicted octanol–water partition coefficient (Wildman–Crippen LogP) is 2.68. The van der Waals surface area contributed by atoms with Crippen molar-refractivity contribution in [2.45, 2.75) is 6.92 Å². The number of aromatic nitrogens is 2. The Morgan fingerprint density at radius 1 is 1.42 bits per heavy atom. The fourth-order valence-corrected chi connectivity index (χ4v) is 1.82.